The minimum absolute atomic E-state index is 0. The van der Waals surface area contributed by atoms with Crippen molar-refractivity contribution < 1.29 is 62.0 Å². The molecule has 0 fully saturated rings. The second-order valence-corrected chi connectivity index (χ2v) is 27.2. The molecule has 11 rings (SSSR count). The fourth-order valence-corrected chi connectivity index (χ4v) is 14.2. The highest BCUT2D eigenvalue weighted by Gasteiger charge is 2.34. The largest absolute Gasteiger partial charge is 0.465 e. The maximum atomic E-state index is 14.1. The average molecular weight is 1480 g/mol. The summed E-state index contributed by atoms with van der Waals surface area (Å²) >= 11 is 0. The van der Waals surface area contributed by atoms with E-state index >= 15 is 0 Å². The lowest BCUT2D eigenvalue weighted by molar-refractivity contribution is -0.141. The van der Waals surface area contributed by atoms with Gasteiger partial charge in [-0.05, 0) is 106 Å². The summed E-state index contributed by atoms with van der Waals surface area (Å²) in [6.45, 7) is 15.1. The molecule has 109 heavy (non-hydrogen) atoms. The standard InChI is InChI=1S/C84H97N11O13.CH4/c1-57(19-17-44-105-48-42-94-82-70-27-11-13-29-75(70)92(78(100)31-15-23-64(97)37-46-103-5)53-62-21-7-9-25-66(62)80(82)87-89-94)60-33-35-68-69-36-34-61(52-73(69)74(72(68)51-60)56-108-84(102)86-39-40-91(55-77(99)85-4)41-50-107-59(3)96)58(2)20-18-45-106-49-43-95-83-71-28-12-14-30-76(71)93(79(101)32-16-24-65(98)38-47-104-6)54-63-22-8-10-26-67(63)81(83)88-90-95;/h7-14,21-22,25-30,33-36,51-52,74H,1-2,15-20,23-24,31-32,37-50,53-56H2,3-6H3,(H,85,99)(H,86,102);1H4. The zero-order valence-corrected chi connectivity index (χ0v) is 62.3. The van der Waals surface area contributed by atoms with E-state index in [1.807, 2.05) is 116 Å². The summed E-state index contributed by atoms with van der Waals surface area (Å²) in [7, 11) is 4.68. The number of benzene rings is 6. The highest BCUT2D eigenvalue weighted by molar-refractivity contribution is 6.02. The van der Waals surface area contributed by atoms with Crippen LogP contribution in [-0.2, 0) is 83.4 Å². The molecule has 2 aliphatic heterocycles. The predicted octanol–water partition coefficient (Wildman–Crippen LogP) is 12.9. The number of methoxy groups -OCH3 is 2. The quantitative estimate of drug-likeness (QED) is 0.0267. The number of hydrogen-bond donors (Lipinski definition) is 2. The van der Waals surface area contributed by atoms with Gasteiger partial charge in [0.25, 0.3) is 0 Å². The number of rotatable bonds is 40. The first kappa shape index (κ1) is 80.9. The number of esters is 1. The summed E-state index contributed by atoms with van der Waals surface area (Å²) in [6, 6.07) is 44.2. The van der Waals surface area contributed by atoms with E-state index in [1.54, 1.807) is 26.2 Å². The Morgan fingerprint density at radius 3 is 1.45 bits per heavy atom. The van der Waals surface area contributed by atoms with Crippen molar-refractivity contribution in [2.75, 3.05) is 110 Å². The molecule has 0 bridgehead atoms. The van der Waals surface area contributed by atoms with Crippen molar-refractivity contribution in [2.45, 2.75) is 123 Å². The Bertz CT molecular complexity index is 4290. The summed E-state index contributed by atoms with van der Waals surface area (Å²) in [5, 5.41) is 24.2. The topological polar surface area (TPSA) is 270 Å². The molecule has 0 saturated heterocycles. The molecule has 3 aliphatic rings. The van der Waals surface area contributed by atoms with Gasteiger partial charge < -0.3 is 48.9 Å². The van der Waals surface area contributed by atoms with E-state index in [9.17, 15) is 33.6 Å². The zero-order chi connectivity index (χ0) is 75.9. The number of anilines is 2. The Balaban J connectivity index is 0.0000127. The van der Waals surface area contributed by atoms with Crippen LogP contribution in [0.15, 0.2) is 147 Å². The zero-order valence-electron chi connectivity index (χ0n) is 62.3. The van der Waals surface area contributed by atoms with Crippen molar-refractivity contribution in [3.05, 3.63) is 180 Å². The van der Waals surface area contributed by atoms with Crippen LogP contribution in [0.5, 0.6) is 0 Å². The van der Waals surface area contributed by atoms with Crippen molar-refractivity contribution in [3.8, 4) is 56.2 Å². The molecule has 0 unspecified atom stereocenters. The minimum atomic E-state index is -0.620. The number of amides is 4. The van der Waals surface area contributed by atoms with Gasteiger partial charge in [0.1, 0.15) is 36.2 Å². The number of alkyl carbamates (subject to hydrolysis) is 1. The number of aromatic nitrogens is 6. The second-order valence-electron chi connectivity index (χ2n) is 27.2. The number of nitrogens with one attached hydrogen (secondary N) is 2. The number of ketones is 2. The van der Waals surface area contributed by atoms with Gasteiger partial charge >= 0.3 is 12.1 Å². The van der Waals surface area contributed by atoms with Crippen molar-refractivity contribution >= 4 is 63.9 Å². The molecule has 574 valence electrons. The number of hydrogen-bond acceptors (Lipinski definition) is 18. The molecular formula is C85H101N11O13. The van der Waals surface area contributed by atoms with Crippen LogP contribution < -0.4 is 20.4 Å². The number of fused-ring (bicyclic) bond motifs is 13. The van der Waals surface area contributed by atoms with Gasteiger partial charge in [-0.1, -0.05) is 152 Å². The van der Waals surface area contributed by atoms with E-state index in [4.69, 9.17) is 38.6 Å². The number of likely N-dealkylation sites (N-methyl/N-ethyl adjacent to an activating group) is 1. The summed E-state index contributed by atoms with van der Waals surface area (Å²) in [6.07, 6.45) is 4.62. The molecule has 0 saturated carbocycles. The SMILES string of the molecule is C.C=C(CCCOCCn1nnc2c1-c1ccccc1N(C(=O)CCCC(=O)CCOC)Cc1ccccc1-2)c1ccc2c(c1)C(COC(=O)NCCN(CCOC(C)=O)CC(=O)NC)c1cc(C(=C)CCCOCCn3nnc4c3-c3ccccc3N(C(=O)CCCC(=O)CCOC)Cc3ccccc3-4)ccc1-2. The van der Waals surface area contributed by atoms with E-state index in [0.29, 0.717) is 143 Å². The van der Waals surface area contributed by atoms with E-state index < -0.39 is 12.1 Å². The molecule has 1 aliphatic carbocycles. The molecule has 0 radical (unpaired) electrons. The summed E-state index contributed by atoms with van der Waals surface area (Å²) in [5.41, 5.74) is 17.6. The lowest BCUT2D eigenvalue weighted by Gasteiger charge is -2.29. The maximum absolute atomic E-state index is 14.1. The molecule has 6 aromatic carbocycles. The first-order chi connectivity index (χ1) is 52.6. The van der Waals surface area contributed by atoms with Gasteiger partial charge in [-0.25, -0.2) is 14.2 Å². The average Bonchev–Trinajstić information content (AvgIpc) is 1.68. The number of allylic oxidation sites excluding steroid dienone is 2. The Hall–Kier alpha value is -10.6. The number of Topliss-reactive ketones (excluding diaryl/α,β-unsaturated/α-hetero) is 2. The fraction of sp³-hybridized carbons (Fsp3) is 0.400. The van der Waals surface area contributed by atoms with Gasteiger partial charge in [0.2, 0.25) is 17.7 Å². The summed E-state index contributed by atoms with van der Waals surface area (Å²) < 4.78 is 37.7. The molecule has 24 nitrogen and oxygen atoms in total. The number of carbonyl (C=O) groups is 7. The van der Waals surface area contributed by atoms with Crippen molar-refractivity contribution in [1.29, 1.82) is 0 Å². The smallest absolute Gasteiger partial charge is 0.407 e. The molecule has 24 heteroatoms. The Kier molecular flexibility index (Phi) is 29.7. The minimum Gasteiger partial charge on any atom is -0.465 e. The van der Waals surface area contributed by atoms with Gasteiger partial charge in [0, 0.05) is 128 Å². The molecular weight excluding hydrogens is 1380 g/mol. The van der Waals surface area contributed by atoms with Gasteiger partial charge in [-0.2, -0.15) is 0 Å². The van der Waals surface area contributed by atoms with Crippen LogP contribution in [0, 0.1) is 0 Å². The van der Waals surface area contributed by atoms with Crippen LogP contribution in [0.4, 0.5) is 16.2 Å². The lowest BCUT2D eigenvalue weighted by atomic mass is 9.92. The monoisotopic (exact) mass is 1480 g/mol. The number of carbonyl (C=O) groups excluding carboxylic acids is 7. The molecule has 2 N–H and O–H groups in total. The third-order valence-electron chi connectivity index (χ3n) is 19.9. The molecule has 0 atom stereocenters. The third-order valence-corrected chi connectivity index (χ3v) is 19.9. The van der Waals surface area contributed by atoms with Crippen LogP contribution in [-0.4, -0.2) is 177 Å². The van der Waals surface area contributed by atoms with E-state index in [1.165, 1.54) is 6.92 Å². The fourth-order valence-electron chi connectivity index (χ4n) is 14.2. The van der Waals surface area contributed by atoms with Crippen LogP contribution in [0.3, 0.4) is 0 Å². The number of para-hydroxylation sites is 2. The van der Waals surface area contributed by atoms with Crippen LogP contribution in [0.1, 0.15) is 131 Å². The number of nitrogens with zero attached hydrogens (tertiary/aromatic N) is 9. The van der Waals surface area contributed by atoms with Crippen molar-refractivity contribution in [1.82, 2.24) is 45.5 Å². The Morgan fingerprint density at radius 2 is 0.982 bits per heavy atom. The van der Waals surface area contributed by atoms with Crippen LogP contribution >= 0.6 is 0 Å². The predicted molar refractivity (Wildman–Crippen MR) is 420 cm³/mol. The number of ether oxygens (including phenoxy) is 6. The van der Waals surface area contributed by atoms with Crippen molar-refractivity contribution in [2.24, 2.45) is 0 Å². The normalized spacial score (nSPS) is 12.4. The van der Waals surface area contributed by atoms with Crippen LogP contribution in [0.2, 0.25) is 0 Å². The van der Waals surface area contributed by atoms with Crippen molar-refractivity contribution in [3.63, 3.8) is 0 Å². The maximum Gasteiger partial charge on any atom is 0.407 e. The molecule has 4 amide bonds. The summed E-state index contributed by atoms with van der Waals surface area (Å²) in [4.78, 5) is 96.1. The highest BCUT2D eigenvalue weighted by atomic mass is 16.5. The van der Waals surface area contributed by atoms with Gasteiger partial charge in [0.15, 0.2) is 0 Å². The van der Waals surface area contributed by atoms with E-state index in [2.05, 4.69) is 70.6 Å². The lowest BCUT2D eigenvalue weighted by Crippen LogP contribution is -2.42. The van der Waals surface area contributed by atoms with E-state index in [0.717, 1.165) is 112 Å². The van der Waals surface area contributed by atoms with Crippen LogP contribution in [0.25, 0.3) is 67.3 Å². The molecule has 0 spiro atoms. The third kappa shape index (κ3) is 20.8. The Labute approximate surface area is 638 Å². The molecule has 8 aromatic rings. The molecule has 2 aromatic heterocycles. The summed E-state index contributed by atoms with van der Waals surface area (Å²) in [5.74, 6) is -0.995. The first-order valence-corrected chi connectivity index (χ1v) is 37.2. The first-order valence-electron chi connectivity index (χ1n) is 37.2. The van der Waals surface area contributed by atoms with Gasteiger partial charge in [0.05, 0.1) is 81.9 Å². The van der Waals surface area contributed by atoms with E-state index in [-0.39, 0.29) is 81.8 Å². The molecule has 4 heterocycles. The highest BCUT2D eigenvalue weighted by Crippen LogP contribution is 2.48. The van der Waals surface area contributed by atoms with Gasteiger partial charge in [-0.3, -0.25) is 33.7 Å². The second kappa shape index (κ2) is 40.0. The Morgan fingerprint density at radius 1 is 0.514 bits per heavy atom. The van der Waals surface area contributed by atoms with Gasteiger partial charge in [-0.15, -0.1) is 10.2 Å².